The molecule has 0 amide bonds. The van der Waals surface area contributed by atoms with E-state index in [0.29, 0.717) is 0 Å². The summed E-state index contributed by atoms with van der Waals surface area (Å²) in [4.78, 5) is 2.22. The number of aryl methyl sites for hydroxylation is 1. The molecular formula is C18H23N3. The molecule has 2 aromatic carbocycles. The van der Waals surface area contributed by atoms with Crippen molar-refractivity contribution in [2.75, 3.05) is 13.6 Å². The number of nitrogens with zero attached hydrogens (tertiary/aromatic N) is 1. The standard InChI is InChI=1S/C18H23N3/c1-14-8-6-7-11-16(14)12-21(2)13-17(18(19)20)15-9-4-3-5-10-15/h3-11,17H,12-13H2,1-2H3,(H3,19,20). The topological polar surface area (TPSA) is 53.1 Å². The summed E-state index contributed by atoms with van der Waals surface area (Å²) >= 11 is 0. The minimum absolute atomic E-state index is 0.0554. The molecule has 0 bridgehead atoms. The molecule has 0 spiro atoms. The van der Waals surface area contributed by atoms with Gasteiger partial charge in [-0.3, -0.25) is 5.41 Å². The van der Waals surface area contributed by atoms with E-state index in [4.69, 9.17) is 11.1 Å². The lowest BCUT2D eigenvalue weighted by atomic mass is 9.97. The van der Waals surface area contributed by atoms with Crippen LogP contribution in [0.5, 0.6) is 0 Å². The van der Waals surface area contributed by atoms with Crippen LogP contribution in [0.3, 0.4) is 0 Å². The fourth-order valence-corrected chi connectivity index (χ4v) is 2.52. The van der Waals surface area contributed by atoms with E-state index in [1.807, 2.05) is 30.3 Å². The van der Waals surface area contributed by atoms with Gasteiger partial charge in [0.25, 0.3) is 0 Å². The highest BCUT2D eigenvalue weighted by Gasteiger charge is 2.17. The largest absolute Gasteiger partial charge is 0.387 e. The molecule has 3 heteroatoms. The van der Waals surface area contributed by atoms with Gasteiger partial charge in [0, 0.05) is 13.1 Å². The number of hydrogen-bond acceptors (Lipinski definition) is 2. The van der Waals surface area contributed by atoms with Crippen LogP contribution in [0.15, 0.2) is 54.6 Å². The first kappa shape index (κ1) is 15.3. The van der Waals surface area contributed by atoms with Gasteiger partial charge in [-0.25, -0.2) is 0 Å². The summed E-state index contributed by atoms with van der Waals surface area (Å²) in [6.07, 6.45) is 0. The van der Waals surface area contributed by atoms with E-state index in [-0.39, 0.29) is 11.8 Å². The highest BCUT2D eigenvalue weighted by atomic mass is 15.1. The predicted molar refractivity (Wildman–Crippen MR) is 88.6 cm³/mol. The van der Waals surface area contributed by atoms with Crippen LogP contribution in [0.4, 0.5) is 0 Å². The highest BCUT2D eigenvalue weighted by Crippen LogP contribution is 2.18. The molecule has 2 rings (SSSR count). The number of hydrogen-bond donors (Lipinski definition) is 2. The Labute approximate surface area is 126 Å². The van der Waals surface area contributed by atoms with E-state index in [0.717, 1.165) is 18.7 Å². The molecule has 0 aliphatic rings. The van der Waals surface area contributed by atoms with Gasteiger partial charge in [0.1, 0.15) is 0 Å². The molecule has 0 saturated carbocycles. The number of nitrogens with two attached hydrogens (primary N) is 1. The molecule has 0 radical (unpaired) electrons. The second-order valence-corrected chi connectivity index (χ2v) is 5.54. The lowest BCUT2D eigenvalue weighted by molar-refractivity contribution is 0.322. The Kier molecular flexibility index (Phi) is 5.12. The average molecular weight is 281 g/mol. The second-order valence-electron chi connectivity index (χ2n) is 5.54. The monoisotopic (exact) mass is 281 g/mol. The van der Waals surface area contributed by atoms with Crippen LogP contribution in [-0.2, 0) is 6.54 Å². The summed E-state index contributed by atoms with van der Waals surface area (Å²) in [5, 5.41) is 7.86. The minimum atomic E-state index is -0.0554. The molecule has 0 aromatic heterocycles. The SMILES string of the molecule is Cc1ccccc1CN(C)CC(C(=N)N)c1ccccc1. The molecule has 0 heterocycles. The summed E-state index contributed by atoms with van der Waals surface area (Å²) in [7, 11) is 2.07. The summed E-state index contributed by atoms with van der Waals surface area (Å²) in [5.74, 6) is 0.165. The summed E-state index contributed by atoms with van der Waals surface area (Å²) in [5.41, 5.74) is 9.51. The van der Waals surface area contributed by atoms with E-state index in [9.17, 15) is 0 Å². The molecule has 2 aromatic rings. The Morgan fingerprint density at radius 3 is 2.33 bits per heavy atom. The van der Waals surface area contributed by atoms with Gasteiger partial charge >= 0.3 is 0 Å². The number of likely N-dealkylation sites (N-methyl/N-ethyl adjacent to an activating group) is 1. The van der Waals surface area contributed by atoms with Crippen molar-refractivity contribution in [2.24, 2.45) is 5.73 Å². The first-order valence-electron chi connectivity index (χ1n) is 7.20. The number of rotatable bonds is 6. The van der Waals surface area contributed by atoms with Crippen LogP contribution in [0, 0.1) is 12.3 Å². The van der Waals surface area contributed by atoms with Crippen LogP contribution in [0.25, 0.3) is 0 Å². The van der Waals surface area contributed by atoms with Gasteiger partial charge in [0.2, 0.25) is 0 Å². The Balaban J connectivity index is 2.07. The van der Waals surface area contributed by atoms with E-state index in [2.05, 4.69) is 43.1 Å². The fourth-order valence-electron chi connectivity index (χ4n) is 2.52. The van der Waals surface area contributed by atoms with Gasteiger partial charge in [0.05, 0.1) is 11.8 Å². The Bertz CT molecular complexity index is 592. The van der Waals surface area contributed by atoms with Crippen molar-refractivity contribution < 1.29 is 0 Å². The van der Waals surface area contributed by atoms with Crippen LogP contribution in [0.1, 0.15) is 22.6 Å². The second kappa shape index (κ2) is 7.04. The van der Waals surface area contributed by atoms with Crippen molar-refractivity contribution in [1.82, 2.24) is 4.90 Å². The van der Waals surface area contributed by atoms with Crippen molar-refractivity contribution in [2.45, 2.75) is 19.4 Å². The molecular weight excluding hydrogens is 258 g/mol. The molecule has 3 N–H and O–H groups in total. The van der Waals surface area contributed by atoms with Crippen molar-refractivity contribution in [3.8, 4) is 0 Å². The van der Waals surface area contributed by atoms with Crippen LogP contribution in [-0.4, -0.2) is 24.3 Å². The molecule has 1 unspecified atom stereocenters. The zero-order valence-corrected chi connectivity index (χ0v) is 12.7. The maximum atomic E-state index is 7.86. The number of nitrogens with one attached hydrogen (secondary N) is 1. The molecule has 21 heavy (non-hydrogen) atoms. The summed E-state index contributed by atoms with van der Waals surface area (Å²) < 4.78 is 0. The van der Waals surface area contributed by atoms with Crippen LogP contribution in [0.2, 0.25) is 0 Å². The molecule has 1 atom stereocenters. The minimum Gasteiger partial charge on any atom is -0.387 e. The van der Waals surface area contributed by atoms with Gasteiger partial charge in [-0.1, -0.05) is 54.6 Å². The van der Waals surface area contributed by atoms with Crippen molar-refractivity contribution in [1.29, 1.82) is 5.41 Å². The van der Waals surface area contributed by atoms with Gasteiger partial charge in [-0.2, -0.15) is 0 Å². The zero-order chi connectivity index (χ0) is 15.2. The maximum absolute atomic E-state index is 7.86. The van der Waals surface area contributed by atoms with E-state index >= 15 is 0 Å². The third kappa shape index (κ3) is 4.17. The van der Waals surface area contributed by atoms with Crippen LogP contribution >= 0.6 is 0 Å². The molecule has 3 nitrogen and oxygen atoms in total. The lowest BCUT2D eigenvalue weighted by Gasteiger charge is -2.24. The maximum Gasteiger partial charge on any atom is 0.0995 e. The molecule has 110 valence electrons. The molecule has 0 fully saturated rings. The Hall–Kier alpha value is -2.13. The average Bonchev–Trinajstić information content (AvgIpc) is 2.48. The summed E-state index contributed by atoms with van der Waals surface area (Å²) in [6.45, 7) is 3.74. The van der Waals surface area contributed by atoms with Gasteiger partial charge in [-0.15, -0.1) is 0 Å². The van der Waals surface area contributed by atoms with Gasteiger partial charge in [-0.05, 0) is 30.7 Å². The smallest absolute Gasteiger partial charge is 0.0995 e. The lowest BCUT2D eigenvalue weighted by Crippen LogP contribution is -2.32. The van der Waals surface area contributed by atoms with Crippen molar-refractivity contribution in [3.05, 3.63) is 71.3 Å². The van der Waals surface area contributed by atoms with Gasteiger partial charge < -0.3 is 10.6 Å². The first-order valence-corrected chi connectivity index (χ1v) is 7.20. The number of amidine groups is 1. The third-order valence-electron chi connectivity index (χ3n) is 3.77. The van der Waals surface area contributed by atoms with E-state index in [1.54, 1.807) is 0 Å². The molecule has 0 aliphatic carbocycles. The summed E-state index contributed by atoms with van der Waals surface area (Å²) in [6, 6.07) is 18.4. The van der Waals surface area contributed by atoms with E-state index in [1.165, 1.54) is 11.1 Å². The zero-order valence-electron chi connectivity index (χ0n) is 12.7. The molecule has 0 saturated heterocycles. The van der Waals surface area contributed by atoms with Crippen LogP contribution < -0.4 is 5.73 Å². The Morgan fingerprint density at radius 1 is 1.10 bits per heavy atom. The van der Waals surface area contributed by atoms with E-state index < -0.39 is 0 Å². The normalized spacial score (nSPS) is 12.3. The molecule has 0 aliphatic heterocycles. The first-order chi connectivity index (χ1) is 10.1. The fraction of sp³-hybridized carbons (Fsp3) is 0.278. The quantitative estimate of drug-likeness (QED) is 0.631. The van der Waals surface area contributed by atoms with Gasteiger partial charge in [0.15, 0.2) is 0 Å². The number of benzene rings is 2. The third-order valence-corrected chi connectivity index (χ3v) is 3.77. The van der Waals surface area contributed by atoms with Crippen molar-refractivity contribution in [3.63, 3.8) is 0 Å². The Morgan fingerprint density at radius 2 is 1.71 bits per heavy atom. The van der Waals surface area contributed by atoms with Crippen molar-refractivity contribution >= 4 is 5.84 Å². The predicted octanol–water partition coefficient (Wildman–Crippen LogP) is 3.15. The highest BCUT2D eigenvalue weighted by molar-refractivity contribution is 5.84.